The van der Waals surface area contributed by atoms with Gasteiger partial charge in [0.05, 0.1) is 16.6 Å². The molecule has 5 aromatic rings. The number of H-pyrrole nitrogens is 1. The lowest BCUT2D eigenvalue weighted by Crippen LogP contribution is -1.77. The van der Waals surface area contributed by atoms with Crippen molar-refractivity contribution in [1.82, 2.24) is 15.0 Å². The fraction of sp³-hybridized carbons (Fsp3) is 0. The van der Waals surface area contributed by atoms with Crippen molar-refractivity contribution >= 4 is 32.7 Å². The molecule has 23 heavy (non-hydrogen) atoms. The number of nitrogens with one attached hydrogen (secondary N) is 1. The van der Waals surface area contributed by atoms with Crippen LogP contribution in [0.25, 0.3) is 32.7 Å². The second kappa shape index (κ2) is 5.89. The molecule has 3 nitrogen and oxygen atoms in total. The number of benzene rings is 2. The van der Waals surface area contributed by atoms with Crippen molar-refractivity contribution in [3.05, 3.63) is 85.3 Å². The van der Waals surface area contributed by atoms with E-state index in [2.05, 4.69) is 39.2 Å². The van der Waals surface area contributed by atoms with E-state index >= 15 is 0 Å². The average molecular weight is 297 g/mol. The van der Waals surface area contributed by atoms with Crippen LogP contribution in [0.5, 0.6) is 0 Å². The highest BCUT2D eigenvalue weighted by Crippen LogP contribution is 2.21. The highest BCUT2D eigenvalue weighted by Gasteiger charge is 1.99. The fourth-order valence-electron chi connectivity index (χ4n) is 2.70. The first kappa shape index (κ1) is 13.5. The van der Waals surface area contributed by atoms with E-state index in [0.29, 0.717) is 0 Å². The third kappa shape index (κ3) is 2.64. The van der Waals surface area contributed by atoms with Crippen molar-refractivity contribution in [1.29, 1.82) is 0 Å². The summed E-state index contributed by atoms with van der Waals surface area (Å²) in [5.74, 6) is 0. The minimum atomic E-state index is 1.05. The van der Waals surface area contributed by atoms with Crippen LogP contribution in [-0.2, 0) is 0 Å². The topological polar surface area (TPSA) is 41.6 Å². The Morgan fingerprint density at radius 3 is 2.39 bits per heavy atom. The predicted molar refractivity (Wildman–Crippen MR) is 95.3 cm³/mol. The molecule has 0 aliphatic carbocycles. The summed E-state index contributed by atoms with van der Waals surface area (Å²) in [5.41, 5.74) is 3.28. The molecule has 2 aromatic carbocycles. The van der Waals surface area contributed by atoms with Gasteiger partial charge in [0.25, 0.3) is 0 Å². The molecule has 3 heteroatoms. The Kier molecular flexibility index (Phi) is 3.45. The van der Waals surface area contributed by atoms with Crippen molar-refractivity contribution in [3.63, 3.8) is 0 Å². The largest absolute Gasteiger partial charge is 0.361 e. The number of aromatic nitrogens is 3. The lowest BCUT2D eigenvalue weighted by atomic mass is 10.1. The van der Waals surface area contributed by atoms with Crippen LogP contribution in [0.4, 0.5) is 0 Å². The molecule has 3 aromatic heterocycles. The third-order valence-electron chi connectivity index (χ3n) is 3.82. The van der Waals surface area contributed by atoms with E-state index in [1.54, 1.807) is 0 Å². The fourth-order valence-corrected chi connectivity index (χ4v) is 2.70. The van der Waals surface area contributed by atoms with Gasteiger partial charge in [0.2, 0.25) is 0 Å². The summed E-state index contributed by atoms with van der Waals surface area (Å²) in [4.78, 5) is 11.7. The van der Waals surface area contributed by atoms with Gasteiger partial charge >= 0.3 is 0 Å². The van der Waals surface area contributed by atoms with Crippen LogP contribution >= 0.6 is 0 Å². The minimum absolute atomic E-state index is 1.05. The van der Waals surface area contributed by atoms with Crippen LogP contribution in [0.1, 0.15) is 0 Å². The Morgan fingerprint density at radius 2 is 1.43 bits per heavy atom. The van der Waals surface area contributed by atoms with Crippen LogP contribution < -0.4 is 0 Å². The molecule has 0 saturated heterocycles. The summed E-state index contributed by atoms with van der Waals surface area (Å²) in [6.45, 7) is 0. The van der Waals surface area contributed by atoms with Crippen molar-refractivity contribution in [3.8, 4) is 0 Å². The number of aromatic amines is 1. The lowest BCUT2D eigenvalue weighted by Gasteiger charge is -1.97. The quantitative estimate of drug-likeness (QED) is 0.439. The molecular weight excluding hydrogens is 282 g/mol. The number of hydrogen-bond donors (Lipinski definition) is 1. The summed E-state index contributed by atoms with van der Waals surface area (Å²) < 4.78 is 0. The summed E-state index contributed by atoms with van der Waals surface area (Å²) >= 11 is 0. The normalized spacial score (nSPS) is 10.6. The van der Waals surface area contributed by atoms with Crippen molar-refractivity contribution in [2.75, 3.05) is 0 Å². The van der Waals surface area contributed by atoms with Crippen molar-refractivity contribution in [2.45, 2.75) is 0 Å². The molecule has 0 amide bonds. The molecule has 0 fully saturated rings. The maximum absolute atomic E-state index is 4.25. The van der Waals surface area contributed by atoms with Gasteiger partial charge in [-0.3, -0.25) is 9.97 Å². The van der Waals surface area contributed by atoms with Gasteiger partial charge in [-0.15, -0.1) is 0 Å². The summed E-state index contributed by atoms with van der Waals surface area (Å²) in [6.07, 6.45) is 5.59. The number of hydrogen-bond acceptors (Lipinski definition) is 2. The first-order valence-corrected chi connectivity index (χ1v) is 7.52. The third-order valence-corrected chi connectivity index (χ3v) is 3.82. The molecule has 110 valence electrons. The molecule has 0 bridgehead atoms. The van der Waals surface area contributed by atoms with Crippen LogP contribution in [0.15, 0.2) is 85.3 Å². The molecule has 5 rings (SSSR count). The Morgan fingerprint density at radius 1 is 0.609 bits per heavy atom. The molecule has 0 saturated carbocycles. The summed E-state index contributed by atoms with van der Waals surface area (Å²) in [7, 11) is 0. The zero-order valence-corrected chi connectivity index (χ0v) is 12.5. The SMILES string of the molecule is c1c[nH]c2c(c1)ccc1nccc12.c1ccc2ncccc2c1. The van der Waals surface area contributed by atoms with Crippen molar-refractivity contribution in [2.24, 2.45) is 0 Å². The predicted octanol–water partition coefficient (Wildman–Crippen LogP) is 4.95. The molecule has 1 N–H and O–H groups in total. The van der Waals surface area contributed by atoms with Crippen LogP contribution in [-0.4, -0.2) is 15.0 Å². The minimum Gasteiger partial charge on any atom is -0.361 e. The average Bonchev–Trinajstić information content (AvgIpc) is 3.12. The summed E-state index contributed by atoms with van der Waals surface area (Å²) in [5, 5.41) is 3.62. The van der Waals surface area contributed by atoms with E-state index in [9.17, 15) is 0 Å². The maximum Gasteiger partial charge on any atom is 0.0723 e. The Balaban J connectivity index is 0.000000122. The van der Waals surface area contributed by atoms with Crippen LogP contribution in [0.2, 0.25) is 0 Å². The number of pyridine rings is 2. The number of nitrogens with zero attached hydrogens (tertiary/aromatic N) is 2. The zero-order chi connectivity index (χ0) is 15.5. The number of para-hydroxylation sites is 1. The highest BCUT2D eigenvalue weighted by atomic mass is 14.7. The standard InChI is InChI=1S/C11H8N2.C9H7N/c1-2-8-3-4-10-9(5-7-12-10)11(8)13-6-1;1-2-6-9-8(4-1)5-3-7-10-9/h1-7,13H;1-7H. The highest BCUT2D eigenvalue weighted by molar-refractivity contribution is 6.03. The van der Waals surface area contributed by atoms with E-state index in [0.717, 1.165) is 16.6 Å². The van der Waals surface area contributed by atoms with Gasteiger partial charge in [-0.25, -0.2) is 0 Å². The first-order chi connectivity index (χ1) is 11.4. The molecule has 3 heterocycles. The van der Waals surface area contributed by atoms with Crippen LogP contribution in [0.3, 0.4) is 0 Å². The van der Waals surface area contributed by atoms with E-state index in [4.69, 9.17) is 0 Å². The molecule has 0 aliphatic rings. The van der Waals surface area contributed by atoms with Gasteiger partial charge in [-0.2, -0.15) is 0 Å². The smallest absolute Gasteiger partial charge is 0.0723 e. The Hall–Kier alpha value is -3.20. The first-order valence-electron chi connectivity index (χ1n) is 7.52. The molecule has 0 atom stereocenters. The second-order valence-corrected chi connectivity index (χ2v) is 5.27. The van der Waals surface area contributed by atoms with E-state index in [1.807, 2.05) is 61.1 Å². The molecule has 0 radical (unpaired) electrons. The van der Waals surface area contributed by atoms with Gasteiger partial charge in [0, 0.05) is 29.4 Å². The number of rotatable bonds is 0. The van der Waals surface area contributed by atoms with E-state index in [-0.39, 0.29) is 0 Å². The molecule has 0 aliphatic heterocycles. The Labute approximate surface area is 133 Å². The number of fused-ring (bicyclic) bond motifs is 4. The van der Waals surface area contributed by atoms with Gasteiger partial charge in [0.1, 0.15) is 0 Å². The van der Waals surface area contributed by atoms with Crippen molar-refractivity contribution < 1.29 is 0 Å². The van der Waals surface area contributed by atoms with E-state index in [1.165, 1.54) is 16.2 Å². The van der Waals surface area contributed by atoms with Gasteiger partial charge in [0.15, 0.2) is 0 Å². The molecule has 0 unspecified atom stereocenters. The molecule has 0 spiro atoms. The maximum atomic E-state index is 4.25. The van der Waals surface area contributed by atoms with Gasteiger partial charge in [-0.05, 0) is 35.7 Å². The van der Waals surface area contributed by atoms with E-state index < -0.39 is 0 Å². The second-order valence-electron chi connectivity index (χ2n) is 5.27. The van der Waals surface area contributed by atoms with Gasteiger partial charge < -0.3 is 4.98 Å². The zero-order valence-electron chi connectivity index (χ0n) is 12.5. The lowest BCUT2D eigenvalue weighted by molar-refractivity contribution is 1.41. The monoisotopic (exact) mass is 297 g/mol. The Bertz CT molecular complexity index is 1010. The van der Waals surface area contributed by atoms with Gasteiger partial charge in [-0.1, -0.05) is 36.4 Å². The molecular formula is C20H15N3. The summed E-state index contributed by atoms with van der Waals surface area (Å²) in [6, 6.07) is 22.4. The van der Waals surface area contributed by atoms with Crippen LogP contribution in [0, 0.1) is 0 Å².